The molecule has 3 aromatic rings. The maximum absolute atomic E-state index is 13.2. The Hall–Kier alpha value is -3.26. The fourth-order valence-electron chi connectivity index (χ4n) is 3.00. The van der Waals surface area contributed by atoms with Gasteiger partial charge in [-0.1, -0.05) is 23.7 Å². The summed E-state index contributed by atoms with van der Waals surface area (Å²) in [4.78, 5) is 27.7. The summed E-state index contributed by atoms with van der Waals surface area (Å²) >= 11 is 6.12. The van der Waals surface area contributed by atoms with E-state index in [1.807, 2.05) is 0 Å². The van der Waals surface area contributed by atoms with Gasteiger partial charge in [0.25, 0.3) is 5.91 Å². The second kappa shape index (κ2) is 7.05. The first-order chi connectivity index (χ1) is 13.5. The van der Waals surface area contributed by atoms with Gasteiger partial charge in [-0.25, -0.2) is 9.18 Å². The van der Waals surface area contributed by atoms with Crippen LogP contribution < -0.4 is 4.90 Å². The Balaban J connectivity index is 1.57. The molecule has 9 heteroatoms. The minimum absolute atomic E-state index is 0.102. The quantitative estimate of drug-likeness (QED) is 0.621. The number of amides is 3. The molecule has 1 saturated heterocycles. The zero-order valence-corrected chi connectivity index (χ0v) is 15.4. The highest BCUT2D eigenvalue weighted by atomic mass is 35.5. The number of aromatic nitrogens is 2. The van der Waals surface area contributed by atoms with Crippen molar-refractivity contribution in [3.8, 4) is 11.5 Å². The van der Waals surface area contributed by atoms with Gasteiger partial charge in [-0.3, -0.25) is 14.6 Å². The maximum atomic E-state index is 13.2. The number of hydrogen-bond donors (Lipinski definition) is 0. The Kier molecular flexibility index (Phi) is 4.56. The molecular weight excluding hydrogens is 387 g/mol. The molecule has 1 fully saturated rings. The fraction of sp³-hybridized carbons (Fsp3) is 0.158. The molecule has 1 aliphatic rings. The van der Waals surface area contributed by atoms with E-state index >= 15 is 0 Å². The third kappa shape index (κ3) is 3.11. The van der Waals surface area contributed by atoms with Crippen LogP contribution in [0.25, 0.3) is 11.5 Å². The van der Waals surface area contributed by atoms with Gasteiger partial charge in [0.2, 0.25) is 11.8 Å². The Morgan fingerprint density at radius 1 is 1.11 bits per heavy atom. The number of benzene rings is 2. The largest absolute Gasteiger partial charge is 0.419 e. The van der Waals surface area contributed by atoms with Crippen molar-refractivity contribution < 1.29 is 18.4 Å². The van der Waals surface area contributed by atoms with Gasteiger partial charge < -0.3 is 4.42 Å². The number of anilines is 1. The van der Waals surface area contributed by atoms with Gasteiger partial charge in [-0.15, -0.1) is 10.2 Å². The van der Waals surface area contributed by atoms with Crippen molar-refractivity contribution in [3.63, 3.8) is 0 Å². The molecule has 0 bridgehead atoms. The first-order valence-electron chi connectivity index (χ1n) is 8.43. The molecule has 0 aliphatic carbocycles. The zero-order chi connectivity index (χ0) is 19.8. The number of carbonyl (C=O) groups is 2. The summed E-state index contributed by atoms with van der Waals surface area (Å²) in [7, 11) is 0. The van der Waals surface area contributed by atoms with Crippen molar-refractivity contribution in [2.24, 2.45) is 0 Å². The van der Waals surface area contributed by atoms with Crippen molar-refractivity contribution in [1.82, 2.24) is 15.1 Å². The lowest BCUT2D eigenvalue weighted by atomic mass is 10.2. The number of imide groups is 1. The van der Waals surface area contributed by atoms with Gasteiger partial charge in [0.05, 0.1) is 10.6 Å². The summed E-state index contributed by atoms with van der Waals surface area (Å²) < 4.78 is 18.7. The molecular formula is C19H14ClFN4O3. The molecule has 142 valence electrons. The van der Waals surface area contributed by atoms with Crippen LogP contribution in [0.2, 0.25) is 5.02 Å². The summed E-state index contributed by atoms with van der Waals surface area (Å²) in [6.45, 7) is 1.43. The highest BCUT2D eigenvalue weighted by Gasteiger charge is 2.44. The monoisotopic (exact) mass is 400 g/mol. The van der Waals surface area contributed by atoms with Crippen LogP contribution in [0.3, 0.4) is 0 Å². The molecule has 28 heavy (non-hydrogen) atoms. The topological polar surface area (TPSA) is 79.5 Å². The fourth-order valence-corrected chi connectivity index (χ4v) is 3.22. The average molecular weight is 401 g/mol. The molecule has 0 saturated carbocycles. The SMILES string of the molecule is CC1C(=O)N(Cc2nnc(-c3ccccc3Cl)o2)C(=O)N1c1ccc(F)cc1. The van der Waals surface area contributed by atoms with Crippen molar-refractivity contribution in [3.05, 3.63) is 65.3 Å². The molecule has 4 rings (SSSR count). The van der Waals surface area contributed by atoms with E-state index in [0.717, 1.165) is 4.90 Å². The third-order valence-electron chi connectivity index (χ3n) is 4.42. The van der Waals surface area contributed by atoms with Crippen LogP contribution in [0.4, 0.5) is 14.9 Å². The number of halogens is 2. The van der Waals surface area contributed by atoms with E-state index in [9.17, 15) is 14.0 Å². The molecule has 1 unspecified atom stereocenters. The number of urea groups is 1. The van der Waals surface area contributed by atoms with E-state index in [4.69, 9.17) is 16.0 Å². The van der Waals surface area contributed by atoms with Crippen LogP contribution in [-0.4, -0.2) is 33.1 Å². The van der Waals surface area contributed by atoms with E-state index in [1.54, 1.807) is 31.2 Å². The van der Waals surface area contributed by atoms with E-state index < -0.39 is 23.8 Å². The van der Waals surface area contributed by atoms with Crippen LogP contribution in [0.5, 0.6) is 0 Å². The Morgan fingerprint density at radius 2 is 1.82 bits per heavy atom. The first kappa shape index (κ1) is 18.1. The van der Waals surface area contributed by atoms with E-state index in [2.05, 4.69) is 10.2 Å². The van der Waals surface area contributed by atoms with Crippen LogP contribution >= 0.6 is 11.6 Å². The van der Waals surface area contributed by atoms with Gasteiger partial charge in [-0.2, -0.15) is 0 Å². The van der Waals surface area contributed by atoms with Crippen LogP contribution in [0.1, 0.15) is 12.8 Å². The van der Waals surface area contributed by atoms with E-state index in [0.29, 0.717) is 16.3 Å². The number of nitrogens with zero attached hydrogens (tertiary/aromatic N) is 4. The maximum Gasteiger partial charge on any atom is 0.332 e. The second-order valence-corrected chi connectivity index (χ2v) is 6.62. The smallest absolute Gasteiger partial charge is 0.332 e. The molecule has 3 amide bonds. The summed E-state index contributed by atoms with van der Waals surface area (Å²) in [6.07, 6.45) is 0. The Bertz CT molecular complexity index is 1050. The van der Waals surface area contributed by atoms with Crippen molar-refractivity contribution in [2.75, 3.05) is 4.90 Å². The molecule has 1 atom stereocenters. The number of rotatable bonds is 4. The average Bonchev–Trinajstić information content (AvgIpc) is 3.23. The summed E-state index contributed by atoms with van der Waals surface area (Å²) in [5.74, 6) is -0.538. The van der Waals surface area contributed by atoms with Gasteiger partial charge in [-0.05, 0) is 43.3 Å². The Labute approximate surface area is 164 Å². The summed E-state index contributed by atoms with van der Waals surface area (Å²) in [6, 6.07) is 11.1. The highest BCUT2D eigenvalue weighted by Crippen LogP contribution is 2.29. The minimum atomic E-state index is -0.732. The van der Waals surface area contributed by atoms with Gasteiger partial charge >= 0.3 is 6.03 Å². The number of hydrogen-bond acceptors (Lipinski definition) is 5. The van der Waals surface area contributed by atoms with E-state index in [-0.39, 0.29) is 18.3 Å². The Morgan fingerprint density at radius 3 is 2.54 bits per heavy atom. The molecule has 1 aromatic heterocycles. The van der Waals surface area contributed by atoms with Crippen LogP contribution in [0, 0.1) is 5.82 Å². The molecule has 0 spiro atoms. The normalized spacial score (nSPS) is 16.9. The second-order valence-electron chi connectivity index (χ2n) is 6.21. The van der Waals surface area contributed by atoms with Crippen molar-refractivity contribution in [2.45, 2.75) is 19.5 Å². The lowest BCUT2D eigenvalue weighted by Crippen LogP contribution is -2.33. The molecule has 2 heterocycles. The molecule has 1 aliphatic heterocycles. The third-order valence-corrected chi connectivity index (χ3v) is 4.75. The minimum Gasteiger partial charge on any atom is -0.419 e. The molecule has 0 N–H and O–H groups in total. The predicted molar refractivity (Wildman–Crippen MR) is 99.0 cm³/mol. The van der Waals surface area contributed by atoms with Gasteiger partial charge in [0, 0.05) is 5.69 Å². The van der Waals surface area contributed by atoms with Gasteiger partial charge in [0.1, 0.15) is 18.4 Å². The predicted octanol–water partition coefficient (Wildman–Crippen LogP) is 3.89. The van der Waals surface area contributed by atoms with E-state index in [1.165, 1.54) is 29.2 Å². The van der Waals surface area contributed by atoms with Crippen molar-refractivity contribution in [1.29, 1.82) is 0 Å². The molecule has 2 aromatic carbocycles. The lowest BCUT2D eigenvalue weighted by Gasteiger charge is -2.19. The highest BCUT2D eigenvalue weighted by molar-refractivity contribution is 6.33. The standard InChI is InChI=1S/C19H14ClFN4O3/c1-11-18(26)24(19(27)25(11)13-8-6-12(21)7-9-13)10-16-22-23-17(28-16)14-4-2-3-5-15(14)20/h2-9,11H,10H2,1H3. The zero-order valence-electron chi connectivity index (χ0n) is 14.7. The first-order valence-corrected chi connectivity index (χ1v) is 8.81. The van der Waals surface area contributed by atoms with Gasteiger partial charge in [0.15, 0.2) is 0 Å². The molecule has 7 nitrogen and oxygen atoms in total. The van der Waals surface area contributed by atoms with Crippen LogP contribution in [-0.2, 0) is 11.3 Å². The summed E-state index contributed by atoms with van der Waals surface area (Å²) in [5, 5.41) is 8.30. The van der Waals surface area contributed by atoms with Crippen LogP contribution in [0.15, 0.2) is 52.9 Å². The lowest BCUT2D eigenvalue weighted by molar-refractivity contribution is -0.127. The molecule has 0 radical (unpaired) electrons. The summed E-state index contributed by atoms with van der Waals surface area (Å²) in [5.41, 5.74) is 0.986. The number of carbonyl (C=O) groups excluding carboxylic acids is 2. The van der Waals surface area contributed by atoms with Crippen molar-refractivity contribution >= 4 is 29.2 Å².